The van der Waals surface area contributed by atoms with Gasteiger partial charge in [-0.1, -0.05) is 30.3 Å². The summed E-state index contributed by atoms with van der Waals surface area (Å²) in [4.78, 5) is 4.20. The van der Waals surface area contributed by atoms with Crippen LogP contribution in [0.3, 0.4) is 0 Å². The van der Waals surface area contributed by atoms with Gasteiger partial charge in [0.15, 0.2) is 0 Å². The van der Waals surface area contributed by atoms with Crippen LogP contribution in [0.25, 0.3) is 0 Å². The number of hydrogen-bond acceptors (Lipinski definition) is 2. The van der Waals surface area contributed by atoms with Crippen LogP contribution in [-0.4, -0.2) is 16.1 Å². The van der Waals surface area contributed by atoms with Gasteiger partial charge < -0.3 is 10.3 Å². The average Bonchev–Trinajstić information content (AvgIpc) is 2.83. The first-order chi connectivity index (χ1) is 8.65. The van der Waals surface area contributed by atoms with Crippen molar-refractivity contribution >= 4 is 0 Å². The summed E-state index contributed by atoms with van der Waals surface area (Å²) in [7, 11) is 1.91. The van der Waals surface area contributed by atoms with Crippen LogP contribution in [0, 0.1) is 0 Å². The molecule has 0 fully saturated rings. The van der Waals surface area contributed by atoms with Gasteiger partial charge in [0.25, 0.3) is 0 Å². The molecule has 0 radical (unpaired) electrons. The quantitative estimate of drug-likeness (QED) is 0.880. The molecule has 1 aromatic carbocycles. The molecule has 0 aliphatic carbocycles. The van der Waals surface area contributed by atoms with E-state index in [0.717, 1.165) is 5.82 Å². The summed E-state index contributed by atoms with van der Waals surface area (Å²) in [6.45, 7) is -0.0125. The summed E-state index contributed by atoms with van der Waals surface area (Å²) < 4.78 is 16.7. The second-order valence-corrected chi connectivity index (χ2v) is 4.49. The number of alkyl halides is 1. The van der Waals surface area contributed by atoms with Gasteiger partial charge in [-0.15, -0.1) is 0 Å². The first-order valence-corrected chi connectivity index (χ1v) is 6.06. The Morgan fingerprint density at radius 3 is 2.61 bits per heavy atom. The molecule has 0 amide bonds. The molecule has 1 aromatic heterocycles. The molecule has 1 atom stereocenters. The van der Waals surface area contributed by atoms with Gasteiger partial charge >= 0.3 is 0 Å². The van der Waals surface area contributed by atoms with E-state index in [1.807, 2.05) is 36.0 Å². The number of nitrogens with zero attached hydrogens (tertiary/aromatic N) is 2. The molecule has 2 N–H and O–H groups in total. The first kappa shape index (κ1) is 12.8. The molecular weight excluding hydrogens is 229 g/mol. The van der Waals surface area contributed by atoms with Crippen molar-refractivity contribution in [2.45, 2.75) is 18.5 Å². The van der Waals surface area contributed by atoms with E-state index in [2.05, 4.69) is 4.98 Å². The van der Waals surface area contributed by atoms with Gasteiger partial charge in [-0.25, -0.2) is 9.37 Å². The highest BCUT2D eigenvalue weighted by atomic mass is 19.1. The van der Waals surface area contributed by atoms with Crippen molar-refractivity contribution in [2.75, 3.05) is 6.54 Å². The molecule has 0 saturated heterocycles. The number of benzene rings is 1. The molecule has 3 nitrogen and oxygen atoms in total. The maximum atomic E-state index is 14.8. The molecule has 0 aliphatic heterocycles. The Bertz CT molecular complexity index is 495. The Hall–Kier alpha value is -1.68. The average molecular weight is 247 g/mol. The minimum absolute atomic E-state index is 0.0125. The van der Waals surface area contributed by atoms with Gasteiger partial charge in [-0.2, -0.15) is 0 Å². The number of aromatic nitrogens is 2. The van der Waals surface area contributed by atoms with E-state index in [1.54, 1.807) is 18.3 Å². The third kappa shape index (κ3) is 2.59. The summed E-state index contributed by atoms with van der Waals surface area (Å²) in [6.07, 6.45) is 4.50. The highest BCUT2D eigenvalue weighted by molar-refractivity contribution is 5.23. The monoisotopic (exact) mass is 247 g/mol. The smallest absolute Gasteiger partial charge is 0.148 e. The Morgan fingerprint density at radius 1 is 1.33 bits per heavy atom. The Morgan fingerprint density at radius 2 is 2.06 bits per heavy atom. The molecule has 2 aromatic rings. The summed E-state index contributed by atoms with van der Waals surface area (Å²) in [5, 5.41) is 0. The summed E-state index contributed by atoms with van der Waals surface area (Å²) in [5.41, 5.74) is 4.78. The summed E-state index contributed by atoms with van der Waals surface area (Å²) in [6, 6.07) is 9.11. The van der Waals surface area contributed by atoms with Gasteiger partial charge in [0.2, 0.25) is 0 Å². The van der Waals surface area contributed by atoms with E-state index in [0.29, 0.717) is 18.4 Å². The molecule has 4 heteroatoms. The molecule has 2 rings (SSSR count). The van der Waals surface area contributed by atoms with Gasteiger partial charge in [-0.05, 0) is 12.0 Å². The zero-order valence-corrected chi connectivity index (χ0v) is 10.5. The van der Waals surface area contributed by atoms with Crippen LogP contribution in [0.1, 0.15) is 17.8 Å². The lowest BCUT2D eigenvalue weighted by Gasteiger charge is -2.24. The van der Waals surface area contributed by atoms with Gasteiger partial charge in [0, 0.05) is 32.4 Å². The summed E-state index contributed by atoms with van der Waals surface area (Å²) >= 11 is 0. The van der Waals surface area contributed by atoms with Crippen LogP contribution in [0.4, 0.5) is 4.39 Å². The molecule has 18 heavy (non-hydrogen) atoms. The highest BCUT2D eigenvalue weighted by Crippen LogP contribution is 2.29. The third-order valence-electron chi connectivity index (χ3n) is 3.28. The fraction of sp³-hybridized carbons (Fsp3) is 0.357. The van der Waals surface area contributed by atoms with Crippen molar-refractivity contribution in [3.05, 3.63) is 54.1 Å². The van der Waals surface area contributed by atoms with E-state index < -0.39 is 5.67 Å². The fourth-order valence-electron chi connectivity index (χ4n) is 2.05. The van der Waals surface area contributed by atoms with Gasteiger partial charge in [0.1, 0.15) is 11.5 Å². The summed E-state index contributed by atoms with van der Waals surface area (Å²) in [5.74, 6) is 0.876. The second kappa shape index (κ2) is 5.31. The van der Waals surface area contributed by atoms with Crippen LogP contribution in [0.5, 0.6) is 0 Å². The first-order valence-electron chi connectivity index (χ1n) is 6.06. The molecule has 0 bridgehead atoms. The Balaban J connectivity index is 2.12. The van der Waals surface area contributed by atoms with Crippen LogP contribution >= 0.6 is 0 Å². The van der Waals surface area contributed by atoms with Crippen molar-refractivity contribution in [1.82, 2.24) is 9.55 Å². The molecule has 0 aliphatic rings. The second-order valence-electron chi connectivity index (χ2n) is 4.49. The molecule has 96 valence electrons. The van der Waals surface area contributed by atoms with Crippen LogP contribution in [-0.2, 0) is 19.1 Å². The largest absolute Gasteiger partial charge is 0.338 e. The Labute approximate surface area is 106 Å². The number of imidazole rings is 1. The number of nitrogens with two attached hydrogens (primary N) is 1. The lowest BCUT2D eigenvalue weighted by molar-refractivity contribution is 0.160. The van der Waals surface area contributed by atoms with E-state index in [9.17, 15) is 4.39 Å². The number of hydrogen-bond donors (Lipinski definition) is 1. The van der Waals surface area contributed by atoms with Crippen molar-refractivity contribution in [3.8, 4) is 0 Å². The minimum atomic E-state index is -1.48. The van der Waals surface area contributed by atoms with E-state index in [1.165, 1.54) is 0 Å². The lowest BCUT2D eigenvalue weighted by atomic mass is 9.91. The van der Waals surface area contributed by atoms with Crippen molar-refractivity contribution in [2.24, 2.45) is 12.8 Å². The van der Waals surface area contributed by atoms with Crippen LogP contribution in [0.15, 0.2) is 42.7 Å². The maximum Gasteiger partial charge on any atom is 0.148 e. The van der Waals surface area contributed by atoms with Crippen molar-refractivity contribution in [1.29, 1.82) is 0 Å². The van der Waals surface area contributed by atoms with Gasteiger partial charge in [0.05, 0.1) is 0 Å². The SMILES string of the molecule is Cn1ccnc1CCC(F)(CN)c1ccccc1. The molecule has 0 spiro atoms. The predicted octanol–water partition coefficient (Wildman–Crippen LogP) is 2.18. The maximum absolute atomic E-state index is 14.8. The van der Waals surface area contributed by atoms with Gasteiger partial charge in [-0.3, -0.25) is 0 Å². The predicted molar refractivity (Wildman–Crippen MR) is 69.8 cm³/mol. The molecule has 0 saturated carbocycles. The minimum Gasteiger partial charge on any atom is -0.338 e. The van der Waals surface area contributed by atoms with E-state index in [4.69, 9.17) is 5.73 Å². The fourth-order valence-corrected chi connectivity index (χ4v) is 2.05. The number of aryl methyl sites for hydroxylation is 2. The number of halogens is 1. The van der Waals surface area contributed by atoms with E-state index in [-0.39, 0.29) is 6.54 Å². The van der Waals surface area contributed by atoms with E-state index >= 15 is 0 Å². The van der Waals surface area contributed by atoms with Crippen molar-refractivity contribution in [3.63, 3.8) is 0 Å². The van der Waals surface area contributed by atoms with Crippen LogP contribution < -0.4 is 5.73 Å². The Kier molecular flexibility index (Phi) is 3.77. The highest BCUT2D eigenvalue weighted by Gasteiger charge is 2.30. The standard InChI is InChI=1S/C14H18FN3/c1-18-10-9-17-13(18)7-8-14(15,11-16)12-5-3-2-4-6-12/h2-6,9-10H,7-8,11,16H2,1H3. The zero-order chi connectivity index (χ0) is 13.0. The molecular formula is C14H18FN3. The topological polar surface area (TPSA) is 43.8 Å². The number of rotatable bonds is 5. The lowest BCUT2D eigenvalue weighted by Crippen LogP contribution is -2.31. The normalized spacial score (nSPS) is 14.4. The van der Waals surface area contributed by atoms with Crippen molar-refractivity contribution < 1.29 is 4.39 Å². The molecule has 1 heterocycles. The van der Waals surface area contributed by atoms with Crippen LogP contribution in [0.2, 0.25) is 0 Å². The third-order valence-corrected chi connectivity index (χ3v) is 3.28. The molecule has 1 unspecified atom stereocenters. The zero-order valence-electron chi connectivity index (χ0n) is 10.5.